The van der Waals surface area contributed by atoms with Crippen LogP contribution in [0.15, 0.2) is 24.3 Å². The van der Waals surface area contributed by atoms with E-state index in [-0.39, 0.29) is 29.9 Å². The van der Waals surface area contributed by atoms with E-state index in [1.54, 1.807) is 18.2 Å². The summed E-state index contributed by atoms with van der Waals surface area (Å²) < 4.78 is 33.1. The lowest BCUT2D eigenvalue weighted by atomic mass is 10.1. The zero-order chi connectivity index (χ0) is 15.3. The largest absolute Gasteiger partial charge is 0.493 e. The first kappa shape index (κ1) is 15.6. The number of methoxy groups -OCH3 is 1. The van der Waals surface area contributed by atoms with E-state index in [9.17, 15) is 13.2 Å². The average molecular weight is 313 g/mol. The molecule has 1 atom stereocenters. The summed E-state index contributed by atoms with van der Waals surface area (Å²) in [4.78, 5) is 11.7. The summed E-state index contributed by atoms with van der Waals surface area (Å²) >= 11 is 0. The smallest absolute Gasteiger partial charge is 0.257 e. The van der Waals surface area contributed by atoms with E-state index in [1.165, 1.54) is 7.11 Å². The Bertz CT molecular complexity index is 599. The van der Waals surface area contributed by atoms with Crippen molar-refractivity contribution in [1.29, 1.82) is 0 Å². The first-order valence-corrected chi connectivity index (χ1v) is 8.55. The molecule has 0 aliphatic carbocycles. The fourth-order valence-electron chi connectivity index (χ4n) is 2.22. The second-order valence-electron chi connectivity index (χ2n) is 5.01. The Morgan fingerprint density at radius 3 is 2.67 bits per heavy atom. The van der Waals surface area contributed by atoms with E-state index in [2.05, 4.69) is 5.32 Å². The van der Waals surface area contributed by atoms with Gasteiger partial charge in [-0.2, -0.15) is 0 Å². The second-order valence-corrected chi connectivity index (χ2v) is 7.24. The van der Waals surface area contributed by atoms with E-state index in [4.69, 9.17) is 9.47 Å². The number of nitrogens with one attached hydrogen (secondary N) is 1. The number of hydrogen-bond donors (Lipinski definition) is 1. The van der Waals surface area contributed by atoms with Crippen LogP contribution >= 0.6 is 0 Å². The van der Waals surface area contributed by atoms with Gasteiger partial charge >= 0.3 is 0 Å². The summed E-state index contributed by atoms with van der Waals surface area (Å²) in [6, 6.07) is 7.07. The Morgan fingerprint density at radius 2 is 2.05 bits per heavy atom. The van der Waals surface area contributed by atoms with Gasteiger partial charge in [0.1, 0.15) is 0 Å². The van der Waals surface area contributed by atoms with Crippen molar-refractivity contribution in [2.45, 2.75) is 6.42 Å². The molecule has 6 nitrogen and oxygen atoms in total. The molecule has 0 aromatic heterocycles. The highest BCUT2D eigenvalue weighted by molar-refractivity contribution is 7.91. The van der Waals surface area contributed by atoms with Crippen LogP contribution in [0.4, 0.5) is 0 Å². The number of hydrogen-bond acceptors (Lipinski definition) is 5. The van der Waals surface area contributed by atoms with Crippen molar-refractivity contribution in [2.75, 3.05) is 31.8 Å². The molecule has 116 valence electrons. The maximum absolute atomic E-state index is 11.7. The van der Waals surface area contributed by atoms with E-state index in [0.29, 0.717) is 24.5 Å². The van der Waals surface area contributed by atoms with E-state index in [1.807, 2.05) is 6.07 Å². The normalized spacial score (nSPS) is 20.0. The minimum atomic E-state index is -2.91. The van der Waals surface area contributed by atoms with Crippen molar-refractivity contribution >= 4 is 15.7 Å². The molecule has 7 heteroatoms. The molecular formula is C14H19NO5S. The van der Waals surface area contributed by atoms with Crippen LogP contribution in [0.25, 0.3) is 0 Å². The van der Waals surface area contributed by atoms with Gasteiger partial charge in [-0.1, -0.05) is 12.1 Å². The third-order valence-corrected chi connectivity index (χ3v) is 5.18. The average Bonchev–Trinajstić information content (AvgIpc) is 2.82. The highest BCUT2D eigenvalue weighted by Crippen LogP contribution is 2.25. The van der Waals surface area contributed by atoms with Crippen LogP contribution in [-0.4, -0.2) is 46.1 Å². The quantitative estimate of drug-likeness (QED) is 0.833. The van der Waals surface area contributed by atoms with Gasteiger partial charge in [0, 0.05) is 6.54 Å². The van der Waals surface area contributed by atoms with E-state index >= 15 is 0 Å². The molecule has 0 unspecified atom stereocenters. The number of sulfone groups is 1. The molecule has 1 saturated heterocycles. The van der Waals surface area contributed by atoms with Crippen LogP contribution in [0.5, 0.6) is 11.5 Å². The Kier molecular flexibility index (Phi) is 5.06. The number of rotatable bonds is 6. The van der Waals surface area contributed by atoms with Crippen molar-refractivity contribution < 1.29 is 22.7 Å². The molecular weight excluding hydrogens is 294 g/mol. The zero-order valence-corrected chi connectivity index (χ0v) is 12.7. The van der Waals surface area contributed by atoms with Crippen molar-refractivity contribution in [3.63, 3.8) is 0 Å². The summed E-state index contributed by atoms with van der Waals surface area (Å²) in [6.45, 7) is 0.243. The zero-order valence-electron chi connectivity index (χ0n) is 11.9. The van der Waals surface area contributed by atoms with Crippen LogP contribution in [-0.2, 0) is 14.6 Å². The van der Waals surface area contributed by atoms with Crippen molar-refractivity contribution in [3.05, 3.63) is 24.3 Å². The molecule has 1 aliphatic heterocycles. The fraction of sp³-hybridized carbons (Fsp3) is 0.500. The molecule has 1 N–H and O–H groups in total. The van der Waals surface area contributed by atoms with E-state index in [0.717, 1.165) is 0 Å². The van der Waals surface area contributed by atoms with Gasteiger partial charge in [-0.25, -0.2) is 8.42 Å². The van der Waals surface area contributed by atoms with Crippen LogP contribution in [0.3, 0.4) is 0 Å². The van der Waals surface area contributed by atoms with Gasteiger partial charge in [-0.3, -0.25) is 4.79 Å². The lowest BCUT2D eigenvalue weighted by Gasteiger charge is -2.12. The van der Waals surface area contributed by atoms with Gasteiger partial charge < -0.3 is 14.8 Å². The van der Waals surface area contributed by atoms with Gasteiger partial charge in [-0.05, 0) is 24.5 Å². The second kappa shape index (κ2) is 6.80. The first-order chi connectivity index (χ1) is 10.00. The summed E-state index contributed by atoms with van der Waals surface area (Å²) in [7, 11) is -1.38. The molecule has 1 aliphatic rings. The van der Waals surface area contributed by atoms with Crippen molar-refractivity contribution in [1.82, 2.24) is 5.32 Å². The Balaban J connectivity index is 1.75. The van der Waals surface area contributed by atoms with E-state index < -0.39 is 9.84 Å². The van der Waals surface area contributed by atoms with Crippen molar-refractivity contribution in [3.8, 4) is 11.5 Å². The van der Waals surface area contributed by atoms with Crippen molar-refractivity contribution in [2.24, 2.45) is 5.92 Å². The van der Waals surface area contributed by atoms with Gasteiger partial charge in [0.05, 0.1) is 18.6 Å². The highest BCUT2D eigenvalue weighted by Gasteiger charge is 2.27. The van der Waals surface area contributed by atoms with Crippen LogP contribution in [0.2, 0.25) is 0 Å². The van der Waals surface area contributed by atoms with Gasteiger partial charge in [0.15, 0.2) is 27.9 Å². The lowest BCUT2D eigenvalue weighted by molar-refractivity contribution is -0.123. The molecule has 1 aromatic carbocycles. The molecule has 2 rings (SSSR count). The van der Waals surface area contributed by atoms with Gasteiger partial charge in [0.25, 0.3) is 5.91 Å². The fourth-order valence-corrected chi connectivity index (χ4v) is 4.09. The van der Waals surface area contributed by atoms with Crippen LogP contribution in [0, 0.1) is 5.92 Å². The van der Waals surface area contributed by atoms with Crippen LogP contribution < -0.4 is 14.8 Å². The Hall–Kier alpha value is -1.76. The number of carbonyl (C=O) groups is 1. The molecule has 21 heavy (non-hydrogen) atoms. The maximum atomic E-state index is 11.7. The monoisotopic (exact) mass is 313 g/mol. The maximum Gasteiger partial charge on any atom is 0.257 e. The van der Waals surface area contributed by atoms with Crippen LogP contribution in [0.1, 0.15) is 6.42 Å². The first-order valence-electron chi connectivity index (χ1n) is 6.73. The Labute approximate surface area is 124 Å². The molecule has 0 radical (unpaired) electrons. The summed E-state index contributed by atoms with van der Waals surface area (Å²) in [5, 5.41) is 2.70. The molecule has 0 spiro atoms. The number of amides is 1. The van der Waals surface area contributed by atoms with Gasteiger partial charge in [0.2, 0.25) is 0 Å². The molecule has 1 heterocycles. The predicted molar refractivity (Wildman–Crippen MR) is 78.3 cm³/mol. The predicted octanol–water partition coefficient (Wildman–Crippen LogP) is 0.625. The summed E-state index contributed by atoms with van der Waals surface area (Å²) in [5.41, 5.74) is 0. The SMILES string of the molecule is COc1ccccc1OCC(=O)NC[C@@H]1CCS(=O)(=O)C1. The minimum absolute atomic E-state index is 0.00483. The number of para-hydroxylation sites is 2. The third-order valence-electron chi connectivity index (χ3n) is 3.34. The third kappa shape index (κ3) is 4.63. The summed E-state index contributed by atoms with van der Waals surface area (Å²) in [5.74, 6) is 1.16. The molecule has 0 saturated carbocycles. The standard InChI is InChI=1S/C14H19NO5S/c1-19-12-4-2-3-5-13(12)20-9-14(16)15-8-11-6-7-21(17,18)10-11/h2-5,11H,6-10H2,1H3,(H,15,16)/t11-/m0/s1. The number of benzene rings is 1. The molecule has 1 fully saturated rings. The topological polar surface area (TPSA) is 81.7 Å². The number of ether oxygens (including phenoxy) is 2. The summed E-state index contributed by atoms with van der Waals surface area (Å²) in [6.07, 6.45) is 0.607. The molecule has 0 bridgehead atoms. The minimum Gasteiger partial charge on any atom is -0.493 e. The Morgan fingerprint density at radius 1 is 1.33 bits per heavy atom. The van der Waals surface area contributed by atoms with Gasteiger partial charge in [-0.15, -0.1) is 0 Å². The number of carbonyl (C=O) groups excluding carboxylic acids is 1. The molecule has 1 amide bonds. The molecule has 1 aromatic rings. The highest BCUT2D eigenvalue weighted by atomic mass is 32.2. The lowest BCUT2D eigenvalue weighted by Crippen LogP contribution is -2.33.